The molecule has 3 nitrogen and oxygen atoms in total. The van der Waals surface area contributed by atoms with Crippen LogP contribution in [0.2, 0.25) is 0 Å². The van der Waals surface area contributed by atoms with Crippen molar-refractivity contribution in [3.05, 3.63) is 35.4 Å². The molecule has 2 rings (SSSR count). The third-order valence-corrected chi connectivity index (χ3v) is 4.88. The van der Waals surface area contributed by atoms with Crippen LogP contribution in [-0.2, 0) is 6.42 Å². The summed E-state index contributed by atoms with van der Waals surface area (Å²) in [7, 11) is 0. The molecule has 1 aromatic carbocycles. The van der Waals surface area contributed by atoms with Crippen molar-refractivity contribution in [3.63, 3.8) is 0 Å². The number of benzene rings is 1. The van der Waals surface area contributed by atoms with Crippen LogP contribution in [0.5, 0.6) is 0 Å². The molecule has 18 heavy (non-hydrogen) atoms. The van der Waals surface area contributed by atoms with Gasteiger partial charge in [0, 0.05) is 16.9 Å². The van der Waals surface area contributed by atoms with Crippen LogP contribution in [0, 0.1) is 0 Å². The first-order chi connectivity index (χ1) is 8.69. The Morgan fingerprint density at radius 3 is 2.56 bits per heavy atom. The zero-order valence-corrected chi connectivity index (χ0v) is 11.6. The molecule has 0 aromatic heterocycles. The molecule has 1 amide bonds. The molecule has 98 valence electrons. The van der Waals surface area contributed by atoms with Crippen LogP contribution in [0.4, 0.5) is 0 Å². The zero-order valence-electron chi connectivity index (χ0n) is 10.7. The zero-order chi connectivity index (χ0) is 13.0. The van der Waals surface area contributed by atoms with Crippen LogP contribution >= 0.6 is 11.8 Å². The minimum absolute atomic E-state index is 0.0228. The molecule has 0 radical (unpaired) electrons. The summed E-state index contributed by atoms with van der Waals surface area (Å²) in [5.74, 6) is 0.0228. The predicted molar refractivity (Wildman–Crippen MR) is 77.0 cm³/mol. The summed E-state index contributed by atoms with van der Waals surface area (Å²) in [5.41, 5.74) is 7.40. The van der Waals surface area contributed by atoms with Crippen molar-refractivity contribution in [1.29, 1.82) is 0 Å². The van der Waals surface area contributed by atoms with Crippen LogP contribution in [0.1, 0.15) is 28.8 Å². The van der Waals surface area contributed by atoms with E-state index in [0.717, 1.165) is 18.5 Å². The fourth-order valence-electron chi connectivity index (χ4n) is 1.93. The highest BCUT2D eigenvalue weighted by atomic mass is 32.2. The molecule has 0 aliphatic heterocycles. The van der Waals surface area contributed by atoms with Gasteiger partial charge in [0.25, 0.3) is 5.91 Å². The van der Waals surface area contributed by atoms with Crippen molar-refractivity contribution in [3.8, 4) is 0 Å². The van der Waals surface area contributed by atoms with Gasteiger partial charge >= 0.3 is 0 Å². The molecule has 1 aromatic rings. The van der Waals surface area contributed by atoms with Gasteiger partial charge in [0.05, 0.1) is 0 Å². The maximum atomic E-state index is 12.0. The molecule has 3 N–H and O–H groups in total. The van der Waals surface area contributed by atoms with Gasteiger partial charge in [-0.05, 0) is 49.8 Å². The fraction of sp³-hybridized carbons (Fsp3) is 0.500. The molecule has 1 aliphatic rings. The van der Waals surface area contributed by atoms with E-state index in [1.807, 2.05) is 36.0 Å². The summed E-state index contributed by atoms with van der Waals surface area (Å²) in [5, 5.41) is 3.02. The van der Waals surface area contributed by atoms with Crippen molar-refractivity contribution in [2.75, 3.05) is 19.3 Å². The Labute approximate surface area is 113 Å². The van der Waals surface area contributed by atoms with Crippen molar-refractivity contribution < 1.29 is 4.79 Å². The van der Waals surface area contributed by atoms with Gasteiger partial charge in [0.2, 0.25) is 0 Å². The molecule has 4 heteroatoms. The van der Waals surface area contributed by atoms with Crippen LogP contribution < -0.4 is 11.1 Å². The smallest absolute Gasteiger partial charge is 0.251 e. The Kier molecular flexibility index (Phi) is 4.30. The molecule has 1 saturated carbocycles. The Bertz CT molecular complexity index is 412. The second-order valence-electron chi connectivity index (χ2n) is 4.81. The number of nitrogens with two attached hydrogens (primary N) is 1. The van der Waals surface area contributed by atoms with Gasteiger partial charge in [-0.15, -0.1) is 0 Å². The van der Waals surface area contributed by atoms with Crippen molar-refractivity contribution in [2.24, 2.45) is 5.73 Å². The lowest BCUT2D eigenvalue weighted by molar-refractivity contribution is 0.0953. The third-order valence-electron chi connectivity index (χ3n) is 3.46. The first-order valence-corrected chi connectivity index (χ1v) is 7.54. The number of rotatable bonds is 6. The third kappa shape index (κ3) is 3.27. The number of carbonyl (C=O) groups excluding carboxylic acids is 1. The lowest BCUT2D eigenvalue weighted by atomic mass is 10.1. The van der Waals surface area contributed by atoms with E-state index >= 15 is 0 Å². The summed E-state index contributed by atoms with van der Waals surface area (Å²) < 4.78 is 0.315. The normalized spacial score (nSPS) is 16.3. The summed E-state index contributed by atoms with van der Waals surface area (Å²) in [6, 6.07) is 7.70. The number of nitrogens with one attached hydrogen (secondary N) is 1. The number of hydrogen-bond acceptors (Lipinski definition) is 3. The molecule has 0 unspecified atom stereocenters. The van der Waals surface area contributed by atoms with Crippen LogP contribution in [0.3, 0.4) is 0 Å². The second kappa shape index (κ2) is 5.76. The highest BCUT2D eigenvalue weighted by molar-refractivity contribution is 8.00. The molecule has 1 aliphatic carbocycles. The topological polar surface area (TPSA) is 55.1 Å². The first-order valence-electron chi connectivity index (χ1n) is 6.31. The van der Waals surface area contributed by atoms with Gasteiger partial charge in [-0.3, -0.25) is 4.79 Å². The standard InChI is InChI=1S/C14H20N2OS/c1-18-14(7-8-14)10-16-13(17)12-4-2-11(3-5-12)6-9-15/h2-5H,6-10,15H2,1H3,(H,16,17). The fourth-order valence-corrected chi connectivity index (χ4v) is 2.65. The second-order valence-corrected chi connectivity index (χ2v) is 6.08. The minimum atomic E-state index is 0.0228. The van der Waals surface area contributed by atoms with E-state index < -0.39 is 0 Å². The van der Waals surface area contributed by atoms with E-state index in [9.17, 15) is 4.79 Å². The highest BCUT2D eigenvalue weighted by Crippen LogP contribution is 2.46. The summed E-state index contributed by atoms with van der Waals surface area (Å²) in [6.07, 6.45) is 5.39. The highest BCUT2D eigenvalue weighted by Gasteiger charge is 2.41. The number of hydrogen-bond donors (Lipinski definition) is 2. The monoisotopic (exact) mass is 264 g/mol. The number of thioether (sulfide) groups is 1. The maximum Gasteiger partial charge on any atom is 0.251 e. The molecular weight excluding hydrogens is 244 g/mol. The van der Waals surface area contributed by atoms with Gasteiger partial charge in [-0.1, -0.05) is 12.1 Å². The van der Waals surface area contributed by atoms with Crippen LogP contribution in [0.25, 0.3) is 0 Å². The lowest BCUT2D eigenvalue weighted by Crippen LogP contribution is -2.31. The first kappa shape index (κ1) is 13.4. The molecule has 1 fully saturated rings. The Hall–Kier alpha value is -1.00. The quantitative estimate of drug-likeness (QED) is 0.824. The SMILES string of the molecule is CSC1(CNC(=O)c2ccc(CCN)cc2)CC1. The maximum absolute atomic E-state index is 12.0. The van der Waals surface area contributed by atoms with E-state index in [2.05, 4.69) is 11.6 Å². The summed E-state index contributed by atoms with van der Waals surface area (Å²) in [6.45, 7) is 1.42. The van der Waals surface area contributed by atoms with E-state index in [1.165, 1.54) is 18.4 Å². The molecule has 0 spiro atoms. The van der Waals surface area contributed by atoms with E-state index in [0.29, 0.717) is 11.3 Å². The average Bonchev–Trinajstić information content (AvgIpc) is 3.18. The molecule has 0 bridgehead atoms. The molecule has 0 saturated heterocycles. The van der Waals surface area contributed by atoms with Crippen LogP contribution in [-0.4, -0.2) is 30.0 Å². The van der Waals surface area contributed by atoms with Crippen molar-refractivity contribution >= 4 is 17.7 Å². The van der Waals surface area contributed by atoms with Gasteiger partial charge < -0.3 is 11.1 Å². The van der Waals surface area contributed by atoms with E-state index in [-0.39, 0.29) is 5.91 Å². The largest absolute Gasteiger partial charge is 0.351 e. The Morgan fingerprint density at radius 2 is 2.06 bits per heavy atom. The Morgan fingerprint density at radius 1 is 1.39 bits per heavy atom. The van der Waals surface area contributed by atoms with Gasteiger partial charge in [-0.25, -0.2) is 0 Å². The lowest BCUT2D eigenvalue weighted by Gasteiger charge is -2.13. The number of carbonyl (C=O) groups is 1. The van der Waals surface area contributed by atoms with Gasteiger partial charge in [-0.2, -0.15) is 11.8 Å². The Balaban J connectivity index is 1.88. The van der Waals surface area contributed by atoms with E-state index in [4.69, 9.17) is 5.73 Å². The van der Waals surface area contributed by atoms with Crippen molar-refractivity contribution in [2.45, 2.75) is 24.0 Å². The molecule has 0 atom stereocenters. The van der Waals surface area contributed by atoms with Crippen molar-refractivity contribution in [1.82, 2.24) is 5.32 Å². The molecular formula is C14H20N2OS. The van der Waals surface area contributed by atoms with Gasteiger partial charge in [0.1, 0.15) is 0 Å². The van der Waals surface area contributed by atoms with Crippen LogP contribution in [0.15, 0.2) is 24.3 Å². The van der Waals surface area contributed by atoms with Gasteiger partial charge in [0.15, 0.2) is 0 Å². The number of amides is 1. The predicted octanol–water partition coefficient (Wildman–Crippen LogP) is 1.81. The summed E-state index contributed by atoms with van der Waals surface area (Å²) in [4.78, 5) is 12.0. The minimum Gasteiger partial charge on any atom is -0.351 e. The van der Waals surface area contributed by atoms with E-state index in [1.54, 1.807) is 0 Å². The molecule has 0 heterocycles. The summed E-state index contributed by atoms with van der Waals surface area (Å²) >= 11 is 1.86. The average molecular weight is 264 g/mol.